The molecule has 1 aromatic heterocycles. The van der Waals surface area contributed by atoms with E-state index in [1.165, 1.54) is 0 Å². The monoisotopic (exact) mass is 413 g/mol. The van der Waals surface area contributed by atoms with E-state index in [-0.39, 0.29) is 20.4 Å². The van der Waals surface area contributed by atoms with Crippen LogP contribution in [-0.2, 0) is 16.0 Å². The predicted molar refractivity (Wildman–Crippen MR) is 80.4 cm³/mol. The lowest BCUT2D eigenvalue weighted by Gasteiger charge is -2.36. The Morgan fingerprint density at radius 2 is 1.87 bits per heavy atom. The lowest BCUT2D eigenvalue weighted by molar-refractivity contribution is -0.138. The molecule has 1 aromatic carbocycles. The molecule has 0 aliphatic heterocycles. The van der Waals surface area contributed by atoms with Crippen molar-refractivity contribution in [3.05, 3.63) is 28.0 Å². The number of hydrogen-bond acceptors (Lipinski definition) is 2. The second-order valence-electron chi connectivity index (χ2n) is 5.95. The third-order valence-corrected chi connectivity index (χ3v) is 7.79. The molecule has 9 heteroatoms. The van der Waals surface area contributed by atoms with Crippen LogP contribution in [0.1, 0.15) is 31.7 Å². The van der Waals surface area contributed by atoms with Crippen molar-refractivity contribution in [2.24, 2.45) is 0 Å². The molecule has 2 aromatic rings. The van der Waals surface area contributed by atoms with Crippen LogP contribution in [0.15, 0.2) is 21.6 Å². The molecule has 3 nitrogen and oxygen atoms in total. The van der Waals surface area contributed by atoms with E-state index < -0.39 is 32.1 Å². The van der Waals surface area contributed by atoms with Crippen LogP contribution in [0.3, 0.4) is 0 Å². The average Bonchev–Trinajstić information content (AvgIpc) is 2.85. The van der Waals surface area contributed by atoms with Gasteiger partial charge in [0.15, 0.2) is 9.84 Å². The minimum atomic E-state index is -4.75. The quantitative estimate of drug-likeness (QED) is 0.718. The van der Waals surface area contributed by atoms with Crippen molar-refractivity contribution in [1.82, 2.24) is 4.98 Å². The first kappa shape index (κ1) is 16.8. The molecule has 0 atom stereocenters. The molecule has 1 N–H and O–H groups in total. The summed E-state index contributed by atoms with van der Waals surface area (Å²) in [5, 5.41) is -0.396. The van der Waals surface area contributed by atoms with E-state index in [9.17, 15) is 26.0 Å². The predicted octanol–water partition coefficient (Wildman–Crippen LogP) is 4.80. The maximum Gasteiger partial charge on any atom is 0.417 e. The third-order valence-electron chi connectivity index (χ3n) is 4.43. The van der Waals surface area contributed by atoms with E-state index >= 15 is 0 Å². The molecule has 0 radical (unpaired) electrons. The normalized spacial score (nSPS) is 18.2. The first-order valence-corrected chi connectivity index (χ1v) is 9.07. The molecule has 0 amide bonds. The summed E-state index contributed by atoms with van der Waals surface area (Å²) in [4.78, 5) is 2.44. The summed E-state index contributed by atoms with van der Waals surface area (Å²) < 4.78 is 76.7. The number of fused-ring (bicyclic) bond motifs is 1. The number of sulfone groups is 1. The molecule has 0 saturated heterocycles. The number of aromatic nitrogens is 1. The lowest BCUT2D eigenvalue weighted by atomic mass is 9.86. The highest BCUT2D eigenvalue weighted by Gasteiger charge is 2.46. The average molecular weight is 414 g/mol. The minimum Gasteiger partial charge on any atom is -0.343 e. The molecule has 1 aliphatic carbocycles. The van der Waals surface area contributed by atoms with Gasteiger partial charge >= 0.3 is 6.18 Å². The highest BCUT2D eigenvalue weighted by molar-refractivity contribution is 9.10. The van der Waals surface area contributed by atoms with Crippen LogP contribution < -0.4 is 0 Å². The molecular formula is C14H12BrF4NO2S. The second kappa shape index (κ2) is 4.95. The number of rotatable bonds is 2. The van der Waals surface area contributed by atoms with Gasteiger partial charge in [0.1, 0.15) is 10.8 Å². The number of benzene rings is 1. The lowest BCUT2D eigenvalue weighted by Crippen LogP contribution is -2.42. The van der Waals surface area contributed by atoms with Crippen LogP contribution in [0.2, 0.25) is 0 Å². The van der Waals surface area contributed by atoms with E-state index in [0.717, 1.165) is 12.5 Å². The number of halogens is 5. The van der Waals surface area contributed by atoms with Crippen molar-refractivity contribution in [2.45, 2.75) is 42.1 Å². The third kappa shape index (κ3) is 2.39. The van der Waals surface area contributed by atoms with Crippen LogP contribution in [0, 0.1) is 5.82 Å². The molecule has 126 valence electrons. The summed E-state index contributed by atoms with van der Waals surface area (Å²) in [5.41, 5.74) is -1.44. The maximum atomic E-state index is 14.0. The van der Waals surface area contributed by atoms with Gasteiger partial charge in [-0.1, -0.05) is 6.42 Å². The Morgan fingerprint density at radius 3 is 2.35 bits per heavy atom. The fraction of sp³-hybridized carbons (Fsp3) is 0.429. The van der Waals surface area contributed by atoms with Gasteiger partial charge in [0, 0.05) is 9.86 Å². The van der Waals surface area contributed by atoms with Crippen molar-refractivity contribution >= 4 is 36.7 Å². The Bertz CT molecular complexity index is 898. The molecule has 0 unspecified atom stereocenters. The molecule has 1 fully saturated rings. The van der Waals surface area contributed by atoms with Gasteiger partial charge in [0.2, 0.25) is 0 Å². The summed E-state index contributed by atoms with van der Waals surface area (Å²) in [5.74, 6) is -1.14. The van der Waals surface area contributed by atoms with Crippen LogP contribution >= 0.6 is 15.9 Å². The number of H-pyrrole nitrogens is 1. The first-order valence-electron chi connectivity index (χ1n) is 6.80. The van der Waals surface area contributed by atoms with Gasteiger partial charge in [-0.2, -0.15) is 13.2 Å². The van der Waals surface area contributed by atoms with E-state index in [1.807, 2.05) is 0 Å². The molecule has 1 aliphatic rings. The summed E-state index contributed by atoms with van der Waals surface area (Å²) in [6.07, 6.45) is -3.03. The zero-order valence-electron chi connectivity index (χ0n) is 11.9. The molecule has 1 saturated carbocycles. The van der Waals surface area contributed by atoms with Gasteiger partial charge in [0.25, 0.3) is 0 Å². The largest absolute Gasteiger partial charge is 0.417 e. The number of hydrogen-bond donors (Lipinski definition) is 1. The van der Waals surface area contributed by atoms with E-state index in [1.54, 1.807) is 6.92 Å². The van der Waals surface area contributed by atoms with Crippen LogP contribution in [-0.4, -0.2) is 18.1 Å². The second-order valence-corrected chi connectivity index (χ2v) is 9.17. The fourth-order valence-electron chi connectivity index (χ4n) is 2.76. The SMILES string of the molecule is CC1(S(=O)(=O)c2cc3c(Br)c(C(F)(F)F)cc(F)c3[nH]2)CCC1. The summed E-state index contributed by atoms with van der Waals surface area (Å²) in [7, 11) is -3.77. The fourth-order valence-corrected chi connectivity index (χ4v) is 5.28. The van der Waals surface area contributed by atoms with Crippen molar-refractivity contribution in [3.63, 3.8) is 0 Å². The Kier molecular flexibility index (Phi) is 3.61. The molecule has 1 heterocycles. The number of nitrogens with one attached hydrogen (secondary N) is 1. The smallest absolute Gasteiger partial charge is 0.343 e. The molecule has 0 bridgehead atoms. The standard InChI is InChI=1S/C14H12BrF4NO2S/c1-13(3-2-4-13)23(21,22)10-5-7-11(15)8(14(17,18)19)6-9(16)12(7)20-10/h5-6,20H,2-4H2,1H3. The summed E-state index contributed by atoms with van der Waals surface area (Å²) >= 11 is 2.81. The van der Waals surface area contributed by atoms with E-state index in [4.69, 9.17) is 0 Å². The van der Waals surface area contributed by atoms with Crippen molar-refractivity contribution in [3.8, 4) is 0 Å². The van der Waals surface area contributed by atoms with Crippen molar-refractivity contribution in [1.29, 1.82) is 0 Å². The van der Waals surface area contributed by atoms with E-state index in [2.05, 4.69) is 20.9 Å². The minimum absolute atomic E-state index is 0.140. The summed E-state index contributed by atoms with van der Waals surface area (Å²) in [6.45, 7) is 1.59. The van der Waals surface area contributed by atoms with Gasteiger partial charge in [0.05, 0.1) is 15.8 Å². The zero-order chi connectivity index (χ0) is 17.2. The van der Waals surface area contributed by atoms with Gasteiger partial charge < -0.3 is 4.98 Å². The van der Waals surface area contributed by atoms with Crippen molar-refractivity contribution in [2.75, 3.05) is 0 Å². The Labute approximate surface area is 138 Å². The molecular weight excluding hydrogens is 402 g/mol. The van der Waals surface area contributed by atoms with Gasteiger partial charge in [-0.3, -0.25) is 0 Å². The van der Waals surface area contributed by atoms with Gasteiger partial charge in [-0.25, -0.2) is 12.8 Å². The molecule has 0 spiro atoms. The zero-order valence-corrected chi connectivity index (χ0v) is 14.3. The van der Waals surface area contributed by atoms with Crippen molar-refractivity contribution < 1.29 is 26.0 Å². The van der Waals surface area contributed by atoms with E-state index in [0.29, 0.717) is 18.9 Å². The Balaban J connectivity index is 2.24. The first-order chi connectivity index (χ1) is 10.5. The van der Waals surface area contributed by atoms with Crippen LogP contribution in [0.25, 0.3) is 10.9 Å². The Morgan fingerprint density at radius 1 is 1.26 bits per heavy atom. The Hall–Kier alpha value is -1.09. The van der Waals surface area contributed by atoms with Crippen LogP contribution in [0.4, 0.5) is 17.6 Å². The number of alkyl halides is 3. The highest BCUT2D eigenvalue weighted by atomic mass is 79.9. The molecule has 3 rings (SSSR count). The van der Waals surface area contributed by atoms with Crippen LogP contribution in [0.5, 0.6) is 0 Å². The van der Waals surface area contributed by atoms with Gasteiger partial charge in [-0.05, 0) is 47.8 Å². The summed E-state index contributed by atoms with van der Waals surface area (Å²) in [6, 6.07) is 1.42. The highest BCUT2D eigenvalue weighted by Crippen LogP contribution is 2.44. The molecule has 23 heavy (non-hydrogen) atoms. The topological polar surface area (TPSA) is 49.9 Å². The maximum absolute atomic E-state index is 14.0. The number of aromatic amines is 1. The van der Waals surface area contributed by atoms with Gasteiger partial charge in [-0.15, -0.1) is 0 Å².